The summed E-state index contributed by atoms with van der Waals surface area (Å²) in [6, 6.07) is 15.9. The van der Waals surface area contributed by atoms with Crippen molar-refractivity contribution in [2.45, 2.75) is 24.0 Å². The third-order valence-electron chi connectivity index (χ3n) is 5.22. The van der Waals surface area contributed by atoms with Crippen molar-refractivity contribution in [1.82, 2.24) is 5.32 Å². The molecule has 0 spiro atoms. The summed E-state index contributed by atoms with van der Waals surface area (Å²) in [4.78, 5) is 24.3. The molecule has 188 valence electrons. The number of nitrogen functional groups attached to an aromatic ring is 1. The van der Waals surface area contributed by atoms with Crippen molar-refractivity contribution < 1.29 is 27.9 Å². The minimum Gasteiger partial charge on any atom is -0.508 e. The van der Waals surface area contributed by atoms with Crippen molar-refractivity contribution in [2.24, 2.45) is 16.6 Å². The third-order valence-corrected chi connectivity index (χ3v) is 6.19. The molecule has 3 aromatic carbocycles. The van der Waals surface area contributed by atoms with Gasteiger partial charge in [-0.05, 0) is 41.0 Å². The fourth-order valence-electron chi connectivity index (χ4n) is 3.36. The number of sulfonamides is 1. The van der Waals surface area contributed by atoms with E-state index >= 15 is 0 Å². The Balaban J connectivity index is 1.57. The topological polar surface area (TPSA) is 212 Å². The second-order valence-corrected chi connectivity index (χ2v) is 9.40. The summed E-state index contributed by atoms with van der Waals surface area (Å²) < 4.78 is 28.7. The Morgan fingerprint density at radius 1 is 1.06 bits per heavy atom. The maximum absolute atomic E-state index is 12.3. The van der Waals surface area contributed by atoms with Crippen molar-refractivity contribution in [3.05, 3.63) is 83.4 Å². The summed E-state index contributed by atoms with van der Waals surface area (Å²) in [6.07, 6.45) is -1.12. The molecule has 0 aliphatic heterocycles. The summed E-state index contributed by atoms with van der Waals surface area (Å²) in [5.41, 5.74) is 13.6. The molecule has 0 aliphatic carbocycles. The zero-order valence-electron chi connectivity index (χ0n) is 19.0. The number of imide groups is 1. The summed E-state index contributed by atoms with van der Waals surface area (Å²) in [5, 5.41) is 24.7. The number of alkyl carbamates (subject to hydrolysis) is 1. The van der Waals surface area contributed by atoms with E-state index in [1.54, 1.807) is 42.5 Å². The van der Waals surface area contributed by atoms with Crippen molar-refractivity contribution in [3.8, 4) is 16.9 Å². The maximum atomic E-state index is 12.3. The maximum Gasteiger partial charge on any atom is 0.414 e. The van der Waals surface area contributed by atoms with E-state index in [9.17, 15) is 23.1 Å². The molecule has 36 heavy (non-hydrogen) atoms. The van der Waals surface area contributed by atoms with Crippen LogP contribution in [0, 0.1) is 5.41 Å². The molecule has 3 aromatic rings. The van der Waals surface area contributed by atoms with Crippen LogP contribution in [0.25, 0.3) is 11.1 Å². The summed E-state index contributed by atoms with van der Waals surface area (Å²) in [7, 11) is -3.91. The Kier molecular flexibility index (Phi) is 8.04. The first-order chi connectivity index (χ1) is 17.0. The van der Waals surface area contributed by atoms with Gasteiger partial charge in [0.2, 0.25) is 15.9 Å². The number of carbonyl (C=O) groups is 2. The highest BCUT2D eigenvalue weighted by Gasteiger charge is 2.20. The van der Waals surface area contributed by atoms with Crippen molar-refractivity contribution >= 4 is 27.9 Å². The number of hydrogen-bond acceptors (Lipinski definition) is 8. The molecule has 12 heteroatoms. The molecule has 11 nitrogen and oxygen atoms in total. The molecule has 0 fully saturated rings. The highest BCUT2D eigenvalue weighted by molar-refractivity contribution is 7.89. The standard InChI is InChI=1S/C24H25N5O6S/c25-19(12-17-11-16(22(26)27)9-10-20(17)30)23(31)29-24(32)35-13-14-5-7-15(8-6-14)18-3-1-2-4-21(18)36(28,33)34/h1-11,19,30H,12-13,25H2,(H3,26,27)(H2,28,33,34)(H,29,31,32)/t19-/m0/s1. The van der Waals surface area contributed by atoms with Crippen LogP contribution in [0.15, 0.2) is 71.6 Å². The minimum atomic E-state index is -3.91. The number of amides is 2. The number of nitrogens with two attached hydrogens (primary N) is 3. The highest BCUT2D eigenvalue weighted by atomic mass is 32.2. The molecule has 0 bridgehead atoms. The van der Waals surface area contributed by atoms with Crippen LogP contribution in [0.5, 0.6) is 5.75 Å². The molecule has 0 unspecified atom stereocenters. The fraction of sp³-hybridized carbons (Fsp3) is 0.125. The number of primary sulfonamides is 1. The monoisotopic (exact) mass is 511 g/mol. The van der Waals surface area contributed by atoms with Gasteiger partial charge in [0.25, 0.3) is 0 Å². The van der Waals surface area contributed by atoms with E-state index in [0.717, 1.165) is 0 Å². The van der Waals surface area contributed by atoms with Gasteiger partial charge in [0.15, 0.2) is 0 Å². The number of phenolic OH excluding ortho intramolecular Hbond substituents is 1. The van der Waals surface area contributed by atoms with Crippen LogP contribution in [0.2, 0.25) is 0 Å². The molecule has 0 aromatic heterocycles. The van der Waals surface area contributed by atoms with Crippen LogP contribution in [0.3, 0.4) is 0 Å². The summed E-state index contributed by atoms with van der Waals surface area (Å²) >= 11 is 0. The van der Waals surface area contributed by atoms with E-state index < -0.39 is 28.1 Å². The number of rotatable bonds is 8. The number of ether oxygens (including phenoxy) is 1. The smallest absolute Gasteiger partial charge is 0.414 e. The Morgan fingerprint density at radius 2 is 1.72 bits per heavy atom. The Morgan fingerprint density at radius 3 is 2.36 bits per heavy atom. The Bertz CT molecular complexity index is 1410. The second kappa shape index (κ2) is 11.0. The average molecular weight is 512 g/mol. The molecule has 0 saturated heterocycles. The van der Waals surface area contributed by atoms with Gasteiger partial charge < -0.3 is 21.3 Å². The zero-order chi connectivity index (χ0) is 26.5. The van der Waals surface area contributed by atoms with Gasteiger partial charge in [-0.3, -0.25) is 15.5 Å². The molecular weight excluding hydrogens is 486 g/mol. The highest BCUT2D eigenvalue weighted by Crippen LogP contribution is 2.27. The molecule has 3 rings (SSSR count). The second-order valence-electron chi connectivity index (χ2n) is 7.87. The van der Waals surface area contributed by atoms with E-state index in [4.69, 9.17) is 26.8 Å². The van der Waals surface area contributed by atoms with E-state index in [2.05, 4.69) is 0 Å². The van der Waals surface area contributed by atoms with Gasteiger partial charge in [0, 0.05) is 17.5 Å². The van der Waals surface area contributed by atoms with Gasteiger partial charge in [0.05, 0.1) is 10.9 Å². The van der Waals surface area contributed by atoms with Gasteiger partial charge >= 0.3 is 6.09 Å². The lowest BCUT2D eigenvalue weighted by molar-refractivity contribution is -0.121. The van der Waals surface area contributed by atoms with Gasteiger partial charge in [0.1, 0.15) is 18.2 Å². The predicted molar refractivity (Wildman–Crippen MR) is 132 cm³/mol. The van der Waals surface area contributed by atoms with Crippen LogP contribution in [0.1, 0.15) is 16.7 Å². The number of phenols is 1. The summed E-state index contributed by atoms with van der Waals surface area (Å²) in [6.45, 7) is -0.160. The van der Waals surface area contributed by atoms with Gasteiger partial charge in [-0.15, -0.1) is 0 Å². The molecule has 0 saturated carbocycles. The first kappa shape index (κ1) is 26.3. The van der Waals surface area contributed by atoms with Crippen molar-refractivity contribution in [1.29, 1.82) is 5.41 Å². The van der Waals surface area contributed by atoms with Crippen LogP contribution in [0.4, 0.5) is 4.79 Å². The normalized spacial score (nSPS) is 11.9. The van der Waals surface area contributed by atoms with Crippen LogP contribution in [-0.2, 0) is 32.6 Å². The van der Waals surface area contributed by atoms with Crippen LogP contribution >= 0.6 is 0 Å². The zero-order valence-corrected chi connectivity index (χ0v) is 19.8. The third kappa shape index (κ3) is 6.66. The van der Waals surface area contributed by atoms with E-state index in [-0.39, 0.29) is 29.5 Å². The number of hydrogen-bond donors (Lipinski definition) is 6. The number of benzene rings is 3. The molecular formula is C24H25N5O6S. The SMILES string of the molecule is N=C(N)c1ccc(O)c(C[C@H](N)C(=O)NC(=O)OCc2ccc(-c3ccccc3S(N)(=O)=O)cc2)c1. The first-order valence-electron chi connectivity index (χ1n) is 10.6. The molecule has 1 atom stereocenters. The van der Waals surface area contributed by atoms with Gasteiger partial charge in [-0.1, -0.05) is 42.5 Å². The molecule has 2 amide bonds. The molecule has 0 aliphatic rings. The number of amidine groups is 1. The van der Waals surface area contributed by atoms with Crippen molar-refractivity contribution in [3.63, 3.8) is 0 Å². The van der Waals surface area contributed by atoms with Gasteiger partial charge in [-0.2, -0.15) is 0 Å². The number of aromatic hydroxyl groups is 1. The minimum absolute atomic E-state index is 0.00966. The van der Waals surface area contributed by atoms with Crippen LogP contribution < -0.4 is 21.9 Å². The molecule has 0 heterocycles. The lowest BCUT2D eigenvalue weighted by Gasteiger charge is -2.14. The predicted octanol–water partition coefficient (Wildman–Crippen LogP) is 1.31. The Hall–Kier alpha value is -4.26. The van der Waals surface area contributed by atoms with E-state index in [0.29, 0.717) is 27.8 Å². The molecule has 9 N–H and O–H groups in total. The summed E-state index contributed by atoms with van der Waals surface area (Å²) in [5.74, 6) is -1.15. The average Bonchev–Trinajstić information content (AvgIpc) is 2.83. The number of carbonyl (C=O) groups excluding carboxylic acids is 2. The van der Waals surface area contributed by atoms with Crippen molar-refractivity contribution in [2.75, 3.05) is 0 Å². The molecule has 0 radical (unpaired) electrons. The van der Waals surface area contributed by atoms with Gasteiger partial charge in [-0.25, -0.2) is 18.4 Å². The lowest BCUT2D eigenvalue weighted by Crippen LogP contribution is -2.44. The van der Waals surface area contributed by atoms with E-state index in [1.807, 2.05) is 5.32 Å². The quantitative estimate of drug-likeness (QED) is 0.191. The largest absolute Gasteiger partial charge is 0.508 e. The lowest BCUT2D eigenvalue weighted by atomic mass is 10.0. The fourth-order valence-corrected chi connectivity index (χ4v) is 4.12. The van der Waals surface area contributed by atoms with E-state index in [1.165, 1.54) is 24.3 Å². The first-order valence-corrected chi connectivity index (χ1v) is 12.1. The number of nitrogens with one attached hydrogen (secondary N) is 2. The van der Waals surface area contributed by atoms with Crippen LogP contribution in [-0.4, -0.2) is 37.4 Å². The Labute approximate surface area is 207 Å².